The first-order chi connectivity index (χ1) is 13.7. The molecule has 9 heteroatoms. The first-order valence-electron chi connectivity index (χ1n) is 8.65. The monoisotopic (exact) mass is 414 g/mol. The molecule has 0 unspecified atom stereocenters. The van der Waals surface area contributed by atoms with Crippen molar-refractivity contribution in [3.8, 4) is 11.1 Å². The van der Waals surface area contributed by atoms with Crippen LogP contribution in [-0.4, -0.2) is 21.2 Å². The smallest absolute Gasteiger partial charge is 0.155 e. The van der Waals surface area contributed by atoms with E-state index in [1.54, 1.807) is 23.9 Å². The van der Waals surface area contributed by atoms with Gasteiger partial charge < -0.3 is 15.9 Å². The van der Waals surface area contributed by atoms with Crippen LogP contribution in [-0.2, 0) is 7.05 Å². The normalized spacial score (nSPS) is 10.8. The molecule has 0 aliphatic heterocycles. The lowest BCUT2D eigenvalue weighted by Gasteiger charge is -2.14. The van der Waals surface area contributed by atoms with Crippen molar-refractivity contribution in [3.63, 3.8) is 0 Å². The predicted molar refractivity (Wildman–Crippen MR) is 114 cm³/mol. The number of aromatic nitrogens is 2. The molecule has 0 atom stereocenters. The van der Waals surface area contributed by atoms with Crippen LogP contribution in [0.2, 0.25) is 0 Å². The molecule has 1 heterocycles. The van der Waals surface area contributed by atoms with Crippen molar-refractivity contribution in [2.24, 2.45) is 7.05 Å². The minimum Gasteiger partial charge on any atom is -0.396 e. The molecule has 0 aliphatic carbocycles. The lowest BCUT2D eigenvalue weighted by atomic mass is 9.97. The molecule has 150 valence electrons. The third-order valence-corrected chi connectivity index (χ3v) is 5.30. The van der Waals surface area contributed by atoms with Gasteiger partial charge in [0.1, 0.15) is 0 Å². The van der Waals surface area contributed by atoms with Crippen molar-refractivity contribution in [1.29, 1.82) is 10.8 Å². The van der Waals surface area contributed by atoms with E-state index >= 15 is 4.39 Å². The van der Waals surface area contributed by atoms with Crippen molar-refractivity contribution in [1.82, 2.24) is 9.78 Å². The highest BCUT2D eigenvalue weighted by atomic mass is 32.2. The minimum absolute atomic E-state index is 0.00890. The van der Waals surface area contributed by atoms with Crippen LogP contribution in [0.4, 0.5) is 20.2 Å². The van der Waals surface area contributed by atoms with Crippen LogP contribution in [0.5, 0.6) is 0 Å². The summed E-state index contributed by atoms with van der Waals surface area (Å²) in [5.41, 5.74) is 6.49. The molecule has 6 nitrogen and oxygen atoms in total. The highest BCUT2D eigenvalue weighted by Gasteiger charge is 2.19. The SMILES string of the molecule is CC(=N)C(=N)c1ccc(-c2cccc(NSc3cn(C)nc3C)c2F)c(F)c1N. The number of hydrogen-bond donors (Lipinski definition) is 4. The number of nitrogen functional groups attached to an aromatic ring is 1. The number of hydrogen-bond acceptors (Lipinski definition) is 6. The molecule has 0 bridgehead atoms. The van der Waals surface area contributed by atoms with Crippen LogP contribution in [0.1, 0.15) is 18.2 Å². The molecule has 1 aromatic heterocycles. The van der Waals surface area contributed by atoms with Crippen LogP contribution in [0.15, 0.2) is 41.4 Å². The van der Waals surface area contributed by atoms with E-state index < -0.39 is 11.6 Å². The fraction of sp³-hybridized carbons (Fsp3) is 0.150. The molecule has 0 radical (unpaired) electrons. The van der Waals surface area contributed by atoms with Crippen molar-refractivity contribution in [2.75, 3.05) is 10.5 Å². The molecule has 0 amide bonds. The second kappa shape index (κ2) is 8.04. The maximum absolute atomic E-state index is 15.1. The maximum atomic E-state index is 15.1. The van der Waals surface area contributed by atoms with Crippen molar-refractivity contribution < 1.29 is 8.78 Å². The molecule has 3 aromatic rings. The lowest BCUT2D eigenvalue weighted by molar-refractivity contribution is 0.621. The zero-order chi connectivity index (χ0) is 21.3. The first-order valence-corrected chi connectivity index (χ1v) is 9.46. The van der Waals surface area contributed by atoms with Crippen molar-refractivity contribution in [3.05, 3.63) is 59.4 Å². The first kappa shape index (κ1) is 20.5. The highest BCUT2D eigenvalue weighted by Crippen LogP contribution is 2.35. The Kier molecular flexibility index (Phi) is 5.69. The van der Waals surface area contributed by atoms with Gasteiger partial charge in [0.2, 0.25) is 0 Å². The summed E-state index contributed by atoms with van der Waals surface area (Å²) in [5.74, 6) is -1.44. The number of halogens is 2. The van der Waals surface area contributed by atoms with E-state index in [1.165, 1.54) is 37.1 Å². The summed E-state index contributed by atoms with van der Waals surface area (Å²) >= 11 is 1.21. The zero-order valence-corrected chi connectivity index (χ0v) is 16.9. The molecule has 0 saturated carbocycles. The lowest BCUT2D eigenvalue weighted by Crippen LogP contribution is -2.13. The number of nitrogens with one attached hydrogen (secondary N) is 3. The Hall–Kier alpha value is -3.20. The number of rotatable bonds is 6. The van der Waals surface area contributed by atoms with Gasteiger partial charge in [-0.2, -0.15) is 5.10 Å². The Morgan fingerprint density at radius 3 is 2.45 bits per heavy atom. The molecule has 0 spiro atoms. The minimum atomic E-state index is -0.819. The Balaban J connectivity index is 1.95. The van der Waals surface area contributed by atoms with Crippen LogP contribution in [0.25, 0.3) is 11.1 Å². The van der Waals surface area contributed by atoms with Gasteiger partial charge in [-0.3, -0.25) is 10.1 Å². The van der Waals surface area contributed by atoms with E-state index in [0.717, 1.165) is 10.6 Å². The van der Waals surface area contributed by atoms with E-state index in [1.807, 2.05) is 13.1 Å². The number of benzene rings is 2. The fourth-order valence-electron chi connectivity index (χ4n) is 2.83. The highest BCUT2D eigenvalue weighted by molar-refractivity contribution is 8.00. The third kappa shape index (κ3) is 4.00. The molecule has 0 saturated heterocycles. The second-order valence-electron chi connectivity index (χ2n) is 6.51. The summed E-state index contributed by atoms with van der Waals surface area (Å²) in [6, 6.07) is 7.44. The van der Waals surface area contributed by atoms with Gasteiger partial charge in [0.05, 0.1) is 33.4 Å². The molecule has 29 heavy (non-hydrogen) atoms. The number of nitrogens with zero attached hydrogens (tertiary/aromatic N) is 2. The quantitative estimate of drug-likeness (QED) is 0.265. The molecular weight excluding hydrogens is 394 g/mol. The Bertz CT molecular complexity index is 1120. The Labute approximate surface area is 171 Å². The number of anilines is 2. The van der Waals surface area contributed by atoms with Gasteiger partial charge in [-0.05, 0) is 37.9 Å². The van der Waals surface area contributed by atoms with E-state index in [2.05, 4.69) is 9.82 Å². The van der Waals surface area contributed by atoms with E-state index in [0.29, 0.717) is 0 Å². The van der Waals surface area contributed by atoms with Gasteiger partial charge >= 0.3 is 0 Å². The van der Waals surface area contributed by atoms with Crippen LogP contribution in [0, 0.1) is 29.4 Å². The predicted octanol–water partition coefficient (Wildman–Crippen LogP) is 4.78. The van der Waals surface area contributed by atoms with Gasteiger partial charge in [0.25, 0.3) is 0 Å². The molecule has 5 N–H and O–H groups in total. The summed E-state index contributed by atoms with van der Waals surface area (Å²) in [4.78, 5) is 0.845. The van der Waals surface area contributed by atoms with Gasteiger partial charge in [-0.15, -0.1) is 0 Å². The van der Waals surface area contributed by atoms with E-state index in [4.69, 9.17) is 16.6 Å². The maximum Gasteiger partial charge on any atom is 0.155 e. The molecule has 0 fully saturated rings. The van der Waals surface area contributed by atoms with Gasteiger partial charge in [-0.1, -0.05) is 18.2 Å². The van der Waals surface area contributed by atoms with Crippen molar-refractivity contribution >= 4 is 34.7 Å². The van der Waals surface area contributed by atoms with Gasteiger partial charge in [0, 0.05) is 29.9 Å². The number of nitrogens with two attached hydrogens (primary N) is 1. The van der Waals surface area contributed by atoms with Crippen LogP contribution in [0.3, 0.4) is 0 Å². The number of aryl methyl sites for hydroxylation is 2. The topological polar surface area (TPSA) is 104 Å². The zero-order valence-electron chi connectivity index (χ0n) is 16.1. The van der Waals surface area contributed by atoms with E-state index in [9.17, 15) is 4.39 Å². The third-order valence-electron chi connectivity index (χ3n) is 4.35. The summed E-state index contributed by atoms with van der Waals surface area (Å²) in [7, 11) is 1.80. The average molecular weight is 414 g/mol. The molecule has 0 aliphatic rings. The van der Waals surface area contributed by atoms with E-state index in [-0.39, 0.29) is 39.5 Å². The van der Waals surface area contributed by atoms with Crippen LogP contribution < -0.4 is 10.5 Å². The molecule has 2 aromatic carbocycles. The Morgan fingerprint density at radius 2 is 1.83 bits per heavy atom. The fourth-order valence-corrected chi connectivity index (χ4v) is 3.60. The second-order valence-corrected chi connectivity index (χ2v) is 7.36. The van der Waals surface area contributed by atoms with Gasteiger partial charge in [-0.25, -0.2) is 8.78 Å². The summed E-state index contributed by atoms with van der Waals surface area (Å²) < 4.78 is 34.6. The Morgan fingerprint density at radius 1 is 1.14 bits per heavy atom. The standard InChI is InChI=1S/C20H20F2N6S/c1-10(23)19(24)14-8-7-13(18(22)20(14)25)12-5-4-6-15(17(12)21)27-29-16-9-28(3)26-11(16)2/h4-9,23-24,27H,25H2,1-3H3. The average Bonchev–Trinajstić information content (AvgIpc) is 3.00. The summed E-state index contributed by atoms with van der Waals surface area (Å²) in [5, 5.41) is 19.6. The van der Waals surface area contributed by atoms with Gasteiger partial charge in [0.15, 0.2) is 11.6 Å². The molecular formula is C20H20F2N6S. The van der Waals surface area contributed by atoms with Crippen LogP contribution >= 0.6 is 11.9 Å². The van der Waals surface area contributed by atoms with Crippen molar-refractivity contribution in [2.45, 2.75) is 18.7 Å². The largest absolute Gasteiger partial charge is 0.396 e. The summed E-state index contributed by atoms with van der Waals surface area (Å²) in [6.45, 7) is 3.27. The summed E-state index contributed by atoms with van der Waals surface area (Å²) in [6.07, 6.45) is 1.81. The molecule has 3 rings (SSSR count).